The van der Waals surface area contributed by atoms with Crippen LogP contribution in [0.2, 0.25) is 0 Å². The molecule has 2 amide bonds. The Labute approximate surface area is 171 Å². The summed E-state index contributed by atoms with van der Waals surface area (Å²) in [6, 6.07) is 14.0. The lowest BCUT2D eigenvalue weighted by Gasteiger charge is -2.05. The quantitative estimate of drug-likeness (QED) is 0.451. The molecule has 0 bridgehead atoms. The van der Waals surface area contributed by atoms with Gasteiger partial charge in [0, 0.05) is 17.9 Å². The first kappa shape index (κ1) is 20.3. The Hall–Kier alpha value is -3.43. The number of nitrogens with one attached hydrogen (secondary N) is 2. The lowest BCUT2D eigenvalue weighted by atomic mass is 10.1. The molecule has 0 fully saturated rings. The topological polar surface area (TPSA) is 127 Å². The largest absolute Gasteiger partial charge is 0.497 e. The standard InChI is InChI=1S/C20H20N4O4S/c1-28-15-8-4-13(5-9-15)18(27)24-19-16(17(21)26)23-20(29-19)22-14-6-2-12(3-7-14)10-11-25/h2-9,25H,10-11H2,1H3,(H2,21,26)(H,22,23)(H,24,27). The van der Waals surface area contributed by atoms with Crippen molar-refractivity contribution in [2.75, 3.05) is 24.4 Å². The van der Waals surface area contributed by atoms with Crippen LogP contribution >= 0.6 is 11.3 Å². The molecular weight excluding hydrogens is 392 g/mol. The first-order chi connectivity index (χ1) is 14.0. The summed E-state index contributed by atoms with van der Waals surface area (Å²) < 4.78 is 5.08. The highest BCUT2D eigenvalue weighted by molar-refractivity contribution is 7.20. The summed E-state index contributed by atoms with van der Waals surface area (Å²) in [5, 5.41) is 15.4. The zero-order valence-electron chi connectivity index (χ0n) is 15.6. The SMILES string of the molecule is COc1ccc(C(=O)Nc2sc(Nc3ccc(CCO)cc3)nc2C(N)=O)cc1. The summed E-state index contributed by atoms with van der Waals surface area (Å²) >= 11 is 1.11. The molecule has 1 heterocycles. The van der Waals surface area contributed by atoms with E-state index in [0.29, 0.717) is 22.9 Å². The lowest BCUT2D eigenvalue weighted by molar-refractivity contribution is 0.0997. The summed E-state index contributed by atoms with van der Waals surface area (Å²) in [6.07, 6.45) is 0.574. The Balaban J connectivity index is 1.77. The van der Waals surface area contributed by atoms with Gasteiger partial charge in [0.15, 0.2) is 10.8 Å². The van der Waals surface area contributed by atoms with E-state index in [4.69, 9.17) is 15.6 Å². The van der Waals surface area contributed by atoms with Crippen LogP contribution in [0.1, 0.15) is 26.4 Å². The second-order valence-corrected chi connectivity index (χ2v) is 7.04. The molecule has 2 aromatic carbocycles. The number of rotatable bonds is 8. The number of aliphatic hydroxyl groups is 1. The average molecular weight is 412 g/mol. The molecule has 0 atom stereocenters. The van der Waals surface area contributed by atoms with Crippen molar-refractivity contribution in [3.05, 3.63) is 65.4 Å². The van der Waals surface area contributed by atoms with Gasteiger partial charge in [0.2, 0.25) is 0 Å². The minimum absolute atomic E-state index is 0.0173. The summed E-state index contributed by atoms with van der Waals surface area (Å²) in [4.78, 5) is 28.4. The zero-order chi connectivity index (χ0) is 20.8. The second kappa shape index (κ2) is 9.18. The molecule has 3 aromatic rings. The molecular formula is C20H20N4O4S. The molecule has 8 nitrogen and oxygen atoms in total. The highest BCUT2D eigenvalue weighted by atomic mass is 32.1. The smallest absolute Gasteiger partial charge is 0.270 e. The summed E-state index contributed by atoms with van der Waals surface area (Å²) in [5.74, 6) is -0.495. The van der Waals surface area contributed by atoms with Crippen LogP contribution in [-0.4, -0.2) is 35.6 Å². The first-order valence-electron chi connectivity index (χ1n) is 8.73. The van der Waals surface area contributed by atoms with E-state index in [9.17, 15) is 9.59 Å². The van der Waals surface area contributed by atoms with Crippen molar-refractivity contribution in [2.45, 2.75) is 6.42 Å². The average Bonchev–Trinajstić information content (AvgIpc) is 3.12. The molecule has 0 aliphatic rings. The monoisotopic (exact) mass is 412 g/mol. The second-order valence-electron chi connectivity index (χ2n) is 6.04. The number of primary amides is 1. The summed E-state index contributed by atoms with van der Waals surface area (Å²) in [7, 11) is 1.54. The van der Waals surface area contributed by atoms with Gasteiger partial charge in [0.1, 0.15) is 10.8 Å². The van der Waals surface area contributed by atoms with Gasteiger partial charge in [-0.1, -0.05) is 23.5 Å². The van der Waals surface area contributed by atoms with Gasteiger partial charge < -0.3 is 26.2 Å². The van der Waals surface area contributed by atoms with Gasteiger partial charge in [-0.2, -0.15) is 0 Å². The molecule has 0 saturated heterocycles. The van der Waals surface area contributed by atoms with Crippen molar-refractivity contribution in [2.24, 2.45) is 5.73 Å². The van der Waals surface area contributed by atoms with Crippen molar-refractivity contribution in [1.29, 1.82) is 0 Å². The normalized spacial score (nSPS) is 10.4. The van der Waals surface area contributed by atoms with Gasteiger partial charge in [0.25, 0.3) is 11.8 Å². The predicted molar refractivity (Wildman–Crippen MR) is 112 cm³/mol. The molecule has 0 radical (unpaired) electrons. The Morgan fingerprint density at radius 3 is 2.41 bits per heavy atom. The lowest BCUT2D eigenvalue weighted by Crippen LogP contribution is -2.17. The number of aromatic nitrogens is 1. The number of nitrogens with two attached hydrogens (primary N) is 1. The fourth-order valence-corrected chi connectivity index (χ4v) is 3.44. The number of amides is 2. The Kier molecular flexibility index (Phi) is 6.43. The van der Waals surface area contributed by atoms with E-state index in [1.807, 2.05) is 24.3 Å². The summed E-state index contributed by atoms with van der Waals surface area (Å²) in [5.41, 5.74) is 7.56. The number of nitrogens with zero attached hydrogens (tertiary/aromatic N) is 1. The van der Waals surface area contributed by atoms with Crippen molar-refractivity contribution in [3.63, 3.8) is 0 Å². The van der Waals surface area contributed by atoms with E-state index >= 15 is 0 Å². The van der Waals surface area contributed by atoms with E-state index in [2.05, 4.69) is 15.6 Å². The number of ether oxygens (including phenoxy) is 1. The Bertz CT molecular complexity index is 1000. The molecule has 0 aliphatic heterocycles. The number of aliphatic hydroxyl groups excluding tert-OH is 1. The minimum Gasteiger partial charge on any atom is -0.497 e. The van der Waals surface area contributed by atoms with Crippen LogP contribution in [0.25, 0.3) is 0 Å². The number of hydrogen-bond acceptors (Lipinski definition) is 7. The number of anilines is 3. The van der Waals surface area contributed by atoms with Gasteiger partial charge in [0.05, 0.1) is 7.11 Å². The molecule has 1 aromatic heterocycles. The molecule has 9 heteroatoms. The van der Waals surface area contributed by atoms with E-state index in [-0.39, 0.29) is 17.3 Å². The van der Waals surface area contributed by atoms with Crippen LogP contribution in [0, 0.1) is 0 Å². The van der Waals surface area contributed by atoms with Crippen LogP contribution in [0.15, 0.2) is 48.5 Å². The van der Waals surface area contributed by atoms with Crippen molar-refractivity contribution >= 4 is 39.0 Å². The number of hydrogen-bond donors (Lipinski definition) is 4. The predicted octanol–water partition coefficient (Wildman–Crippen LogP) is 2.78. The van der Waals surface area contributed by atoms with Crippen LogP contribution in [0.3, 0.4) is 0 Å². The molecule has 0 spiro atoms. The number of methoxy groups -OCH3 is 1. The fraction of sp³-hybridized carbons (Fsp3) is 0.150. The van der Waals surface area contributed by atoms with Gasteiger partial charge >= 0.3 is 0 Å². The zero-order valence-corrected chi connectivity index (χ0v) is 16.5. The minimum atomic E-state index is -0.738. The molecule has 0 unspecified atom stereocenters. The highest BCUT2D eigenvalue weighted by Crippen LogP contribution is 2.31. The van der Waals surface area contributed by atoms with Crippen LogP contribution < -0.4 is 21.1 Å². The first-order valence-corrected chi connectivity index (χ1v) is 9.54. The van der Waals surface area contributed by atoms with Crippen LogP contribution in [0.5, 0.6) is 5.75 Å². The maximum absolute atomic E-state index is 12.5. The Morgan fingerprint density at radius 1 is 1.14 bits per heavy atom. The third-order valence-corrected chi connectivity index (χ3v) is 4.93. The van der Waals surface area contributed by atoms with Gasteiger partial charge in [-0.15, -0.1) is 0 Å². The molecule has 5 N–H and O–H groups in total. The van der Waals surface area contributed by atoms with Crippen LogP contribution in [-0.2, 0) is 6.42 Å². The Morgan fingerprint density at radius 2 is 1.83 bits per heavy atom. The van der Waals surface area contributed by atoms with Crippen molar-refractivity contribution in [3.8, 4) is 5.75 Å². The third kappa shape index (κ3) is 5.09. The highest BCUT2D eigenvalue weighted by Gasteiger charge is 2.19. The molecule has 3 rings (SSSR count). The molecule has 0 aliphatic carbocycles. The molecule has 29 heavy (non-hydrogen) atoms. The van der Waals surface area contributed by atoms with Gasteiger partial charge in [-0.05, 0) is 48.4 Å². The molecule has 150 valence electrons. The number of thiazole rings is 1. The maximum Gasteiger partial charge on any atom is 0.270 e. The third-order valence-electron chi connectivity index (χ3n) is 4.05. The number of carbonyl (C=O) groups excluding carboxylic acids is 2. The van der Waals surface area contributed by atoms with E-state index in [1.54, 1.807) is 31.4 Å². The van der Waals surface area contributed by atoms with Gasteiger partial charge in [-0.25, -0.2) is 4.98 Å². The fourth-order valence-electron chi connectivity index (χ4n) is 2.55. The summed E-state index contributed by atoms with van der Waals surface area (Å²) in [6.45, 7) is 0.0818. The van der Waals surface area contributed by atoms with Crippen molar-refractivity contribution < 1.29 is 19.4 Å². The van der Waals surface area contributed by atoms with Crippen LogP contribution in [0.4, 0.5) is 15.8 Å². The maximum atomic E-state index is 12.5. The number of benzene rings is 2. The van der Waals surface area contributed by atoms with E-state index < -0.39 is 11.8 Å². The van der Waals surface area contributed by atoms with E-state index in [1.165, 1.54) is 0 Å². The van der Waals surface area contributed by atoms with Crippen molar-refractivity contribution in [1.82, 2.24) is 4.98 Å². The van der Waals surface area contributed by atoms with E-state index in [0.717, 1.165) is 22.6 Å². The molecule has 0 saturated carbocycles. The number of carbonyl (C=O) groups is 2. The van der Waals surface area contributed by atoms with Gasteiger partial charge in [-0.3, -0.25) is 9.59 Å².